The van der Waals surface area contributed by atoms with Crippen molar-refractivity contribution in [1.82, 2.24) is 0 Å². The summed E-state index contributed by atoms with van der Waals surface area (Å²) in [5.41, 5.74) is 0.234. The fourth-order valence-electron chi connectivity index (χ4n) is 1.95. The lowest BCUT2D eigenvalue weighted by Crippen LogP contribution is -2.04. The quantitative estimate of drug-likeness (QED) is 0.388. The minimum atomic E-state index is -1.62. The van der Waals surface area contributed by atoms with Gasteiger partial charge >= 0.3 is 0 Å². The number of hydrogen-bond acceptors (Lipinski definition) is 0. The fourth-order valence-corrected chi connectivity index (χ4v) is 1.95. The topological polar surface area (TPSA) is 0 Å². The van der Waals surface area contributed by atoms with Crippen molar-refractivity contribution in [3.8, 4) is 24.2 Å². The van der Waals surface area contributed by atoms with Gasteiger partial charge in [-0.3, -0.25) is 0 Å². The molecule has 0 aliphatic carbocycles. The molecule has 0 atom stereocenters. The van der Waals surface area contributed by atoms with Gasteiger partial charge in [0.2, 0.25) is 0 Å². The molecular weight excluding hydrogens is 292 g/mol. The van der Waals surface area contributed by atoms with Crippen molar-refractivity contribution >= 4 is 0 Å². The molecule has 0 spiro atoms. The minimum Gasteiger partial charge on any atom is -0.202 e. The summed E-state index contributed by atoms with van der Waals surface area (Å²) in [4.78, 5) is 0. The molecule has 2 aromatic carbocycles. The van der Waals surface area contributed by atoms with Crippen LogP contribution in [-0.4, -0.2) is 0 Å². The summed E-state index contributed by atoms with van der Waals surface area (Å²) >= 11 is 0. The summed E-state index contributed by atoms with van der Waals surface area (Å²) in [6.07, 6.45) is 4.84. The maximum absolute atomic E-state index is 13.8. The van der Waals surface area contributed by atoms with Gasteiger partial charge in [0.05, 0.1) is 0 Å². The van der Waals surface area contributed by atoms with Crippen LogP contribution in [0.3, 0.4) is 0 Å². The monoisotopic (exact) mass is 302 g/mol. The number of terminal acetylenes is 1. The molecule has 0 saturated heterocycles. The highest BCUT2D eigenvalue weighted by Crippen LogP contribution is 2.23. The van der Waals surface area contributed by atoms with Crippen LogP contribution in [0.1, 0.15) is 27.8 Å². The van der Waals surface area contributed by atoms with E-state index in [2.05, 4.69) is 11.8 Å². The molecular formula is C18H10F4. The Morgan fingerprint density at radius 2 is 1.36 bits per heavy atom. The van der Waals surface area contributed by atoms with Gasteiger partial charge in [-0.2, -0.15) is 0 Å². The second-order valence-corrected chi connectivity index (χ2v) is 4.72. The van der Waals surface area contributed by atoms with Gasteiger partial charge in [0, 0.05) is 5.56 Å². The number of hydrogen-bond donors (Lipinski definition) is 0. The molecule has 0 bridgehead atoms. The zero-order chi connectivity index (χ0) is 16.4. The molecule has 22 heavy (non-hydrogen) atoms. The standard InChI is InChI=1S/C18H10F4/c1-4-13-15(19)17(21)14(18(22)16(13)20)8-7-12-6-5-10(2)9-11(12)3/h1,5-6,9H,2-3H3. The van der Waals surface area contributed by atoms with Crippen molar-refractivity contribution in [3.05, 3.63) is 69.3 Å². The number of benzene rings is 2. The Hall–Kier alpha value is -2.72. The Kier molecular flexibility index (Phi) is 4.24. The molecule has 0 heterocycles. The van der Waals surface area contributed by atoms with Crippen molar-refractivity contribution in [3.63, 3.8) is 0 Å². The summed E-state index contributed by atoms with van der Waals surface area (Å²) in [6, 6.07) is 5.27. The van der Waals surface area contributed by atoms with Gasteiger partial charge in [0.25, 0.3) is 0 Å². The SMILES string of the molecule is C#Cc1c(F)c(F)c(C#Cc2ccc(C)cc2C)c(F)c1F. The highest BCUT2D eigenvalue weighted by molar-refractivity contribution is 5.50. The largest absolute Gasteiger partial charge is 0.202 e. The first-order valence-electron chi connectivity index (χ1n) is 6.28. The Bertz CT molecular complexity index is 832. The molecule has 0 nitrogen and oxygen atoms in total. The van der Waals surface area contributed by atoms with E-state index in [0.29, 0.717) is 5.56 Å². The molecule has 0 radical (unpaired) electrons. The molecule has 0 aromatic heterocycles. The first-order chi connectivity index (χ1) is 10.4. The number of aryl methyl sites for hydroxylation is 2. The molecule has 110 valence electrons. The van der Waals surface area contributed by atoms with Crippen molar-refractivity contribution < 1.29 is 17.6 Å². The van der Waals surface area contributed by atoms with Gasteiger partial charge in [0.1, 0.15) is 11.1 Å². The Morgan fingerprint density at radius 1 is 0.818 bits per heavy atom. The van der Waals surface area contributed by atoms with E-state index in [0.717, 1.165) is 11.1 Å². The lowest BCUT2D eigenvalue weighted by Gasteiger charge is -2.04. The third-order valence-corrected chi connectivity index (χ3v) is 3.11. The molecule has 0 amide bonds. The van der Waals surface area contributed by atoms with Crippen LogP contribution in [-0.2, 0) is 0 Å². The van der Waals surface area contributed by atoms with Crippen LogP contribution < -0.4 is 0 Å². The smallest absolute Gasteiger partial charge is 0.178 e. The van der Waals surface area contributed by atoms with E-state index in [9.17, 15) is 17.6 Å². The van der Waals surface area contributed by atoms with E-state index in [1.54, 1.807) is 25.0 Å². The molecule has 0 fully saturated rings. The maximum atomic E-state index is 13.8. The first-order valence-corrected chi connectivity index (χ1v) is 6.28. The second kappa shape index (κ2) is 5.95. The molecule has 0 N–H and O–H groups in total. The third-order valence-electron chi connectivity index (χ3n) is 3.11. The summed E-state index contributed by atoms with van der Waals surface area (Å²) in [7, 11) is 0. The van der Waals surface area contributed by atoms with Crippen molar-refractivity contribution in [1.29, 1.82) is 0 Å². The van der Waals surface area contributed by atoms with E-state index in [-0.39, 0.29) is 0 Å². The van der Waals surface area contributed by atoms with Gasteiger partial charge in [-0.05, 0) is 25.5 Å². The lowest BCUT2D eigenvalue weighted by molar-refractivity contribution is 0.447. The highest BCUT2D eigenvalue weighted by atomic mass is 19.2. The van der Waals surface area contributed by atoms with Crippen LogP contribution in [0, 0.1) is 61.3 Å². The van der Waals surface area contributed by atoms with Crippen LogP contribution in [0.25, 0.3) is 0 Å². The van der Waals surface area contributed by atoms with Gasteiger partial charge in [-0.1, -0.05) is 35.5 Å². The lowest BCUT2D eigenvalue weighted by atomic mass is 10.0. The van der Waals surface area contributed by atoms with Crippen LogP contribution in [0.15, 0.2) is 18.2 Å². The summed E-state index contributed by atoms with van der Waals surface area (Å²) < 4.78 is 54.7. The van der Waals surface area contributed by atoms with Crippen molar-refractivity contribution in [2.45, 2.75) is 13.8 Å². The Balaban J connectivity index is 2.62. The van der Waals surface area contributed by atoms with Gasteiger partial charge in [0.15, 0.2) is 23.3 Å². The van der Waals surface area contributed by atoms with Gasteiger partial charge in [-0.25, -0.2) is 17.6 Å². The average molecular weight is 302 g/mol. The summed E-state index contributed by atoms with van der Waals surface area (Å²) in [5, 5.41) is 0. The predicted molar refractivity (Wildman–Crippen MR) is 76.1 cm³/mol. The molecule has 0 aliphatic rings. The normalized spacial score (nSPS) is 9.86. The Morgan fingerprint density at radius 3 is 1.86 bits per heavy atom. The number of rotatable bonds is 0. The average Bonchev–Trinajstić information content (AvgIpc) is 2.48. The number of halogens is 4. The summed E-state index contributed by atoms with van der Waals surface area (Å²) in [5.74, 6) is -0.185. The molecule has 0 unspecified atom stereocenters. The van der Waals surface area contributed by atoms with Gasteiger partial charge < -0.3 is 0 Å². The summed E-state index contributed by atoms with van der Waals surface area (Å²) in [6.45, 7) is 3.65. The second-order valence-electron chi connectivity index (χ2n) is 4.72. The molecule has 2 aromatic rings. The van der Waals surface area contributed by atoms with Gasteiger partial charge in [-0.15, -0.1) is 6.42 Å². The zero-order valence-electron chi connectivity index (χ0n) is 11.8. The molecule has 2 rings (SSSR count). The van der Waals surface area contributed by atoms with Crippen LogP contribution in [0.2, 0.25) is 0 Å². The molecule has 0 aliphatic heterocycles. The van der Waals surface area contributed by atoms with Crippen LogP contribution >= 0.6 is 0 Å². The van der Waals surface area contributed by atoms with E-state index in [1.807, 2.05) is 13.0 Å². The van der Waals surface area contributed by atoms with Crippen molar-refractivity contribution in [2.75, 3.05) is 0 Å². The Labute approximate surface area is 125 Å². The van der Waals surface area contributed by atoms with E-state index in [1.165, 1.54) is 0 Å². The third kappa shape index (κ3) is 2.69. The van der Waals surface area contributed by atoms with E-state index < -0.39 is 34.4 Å². The van der Waals surface area contributed by atoms with Crippen LogP contribution in [0.4, 0.5) is 17.6 Å². The zero-order valence-corrected chi connectivity index (χ0v) is 11.8. The maximum Gasteiger partial charge on any atom is 0.178 e. The van der Waals surface area contributed by atoms with E-state index >= 15 is 0 Å². The van der Waals surface area contributed by atoms with Crippen molar-refractivity contribution in [2.24, 2.45) is 0 Å². The fraction of sp³-hybridized carbons (Fsp3) is 0.111. The first kappa shape index (κ1) is 15.7. The molecule has 0 saturated carbocycles. The highest BCUT2D eigenvalue weighted by Gasteiger charge is 2.23. The predicted octanol–water partition coefficient (Wildman–Crippen LogP) is 4.24. The van der Waals surface area contributed by atoms with E-state index in [4.69, 9.17) is 6.42 Å². The minimum absolute atomic E-state index is 0.506. The van der Waals surface area contributed by atoms with Crippen LogP contribution in [0.5, 0.6) is 0 Å². The molecule has 4 heteroatoms.